The van der Waals surface area contributed by atoms with Gasteiger partial charge in [0.15, 0.2) is 11.5 Å². The van der Waals surface area contributed by atoms with E-state index in [9.17, 15) is 4.79 Å². The van der Waals surface area contributed by atoms with Gasteiger partial charge in [0.25, 0.3) is 0 Å². The van der Waals surface area contributed by atoms with Crippen LogP contribution in [0.1, 0.15) is 44.6 Å². The lowest BCUT2D eigenvalue weighted by atomic mass is 9.89. The van der Waals surface area contributed by atoms with Gasteiger partial charge in [0.1, 0.15) is 0 Å². The Kier molecular flexibility index (Phi) is 7.51. The van der Waals surface area contributed by atoms with E-state index < -0.39 is 0 Å². The quantitative estimate of drug-likeness (QED) is 0.193. The number of carbonyl (C=O) groups is 1. The zero-order valence-electron chi connectivity index (χ0n) is 18.1. The molecule has 0 unspecified atom stereocenters. The number of aromatic nitrogens is 1. The summed E-state index contributed by atoms with van der Waals surface area (Å²) in [6, 6.07) is 15.5. The van der Waals surface area contributed by atoms with Crippen molar-refractivity contribution in [3.8, 4) is 22.8 Å². The van der Waals surface area contributed by atoms with Crippen molar-refractivity contribution in [2.75, 3.05) is 12.0 Å². The molecule has 0 bridgehead atoms. The Morgan fingerprint density at radius 3 is 2.75 bits per heavy atom. The van der Waals surface area contributed by atoms with E-state index in [0.717, 1.165) is 42.5 Å². The number of nitrogens with one attached hydrogen (secondary N) is 1. The lowest BCUT2D eigenvalue weighted by molar-refractivity contribution is -0.140. The Morgan fingerprint density at radius 2 is 1.97 bits per heavy atom. The fraction of sp³-hybridized carbons (Fsp3) is 0.320. The second kappa shape index (κ2) is 10.9. The zero-order valence-corrected chi connectivity index (χ0v) is 18.9. The van der Waals surface area contributed by atoms with E-state index >= 15 is 0 Å². The van der Waals surface area contributed by atoms with Crippen molar-refractivity contribution in [1.29, 1.82) is 0 Å². The van der Waals surface area contributed by atoms with Gasteiger partial charge in [-0.3, -0.25) is 10.2 Å². The molecule has 1 saturated carbocycles. The van der Waals surface area contributed by atoms with Crippen molar-refractivity contribution in [2.45, 2.75) is 39.0 Å². The van der Waals surface area contributed by atoms with E-state index in [1.54, 1.807) is 12.3 Å². The van der Waals surface area contributed by atoms with Crippen LogP contribution in [-0.4, -0.2) is 23.8 Å². The van der Waals surface area contributed by atoms with E-state index in [1.807, 2.05) is 54.8 Å². The van der Waals surface area contributed by atoms with Crippen LogP contribution in [0, 0.1) is 5.92 Å². The summed E-state index contributed by atoms with van der Waals surface area (Å²) in [5.74, 6) is 0.829. The molecule has 1 aromatic heterocycles. The second-order valence-electron chi connectivity index (χ2n) is 7.67. The first-order valence-corrected chi connectivity index (χ1v) is 11.9. The van der Waals surface area contributed by atoms with Crippen molar-refractivity contribution in [1.82, 2.24) is 4.98 Å². The number of ether oxygens (including phenoxy) is 2. The Labute approximate surface area is 192 Å². The first kappa shape index (κ1) is 22.0. The fourth-order valence-electron chi connectivity index (χ4n) is 3.72. The SMILES string of the molecule is CCOc1cc(C=NNc2nc(-c3ccccc3)cs2)ccc1OC(=O)C1CCCCC1. The molecule has 0 spiro atoms. The van der Waals surface area contributed by atoms with Gasteiger partial charge in [0.05, 0.1) is 24.4 Å². The number of hydrogen-bond acceptors (Lipinski definition) is 7. The minimum absolute atomic E-state index is 0.0114. The predicted octanol–water partition coefficient (Wildman–Crippen LogP) is 6.14. The second-order valence-corrected chi connectivity index (χ2v) is 8.53. The van der Waals surface area contributed by atoms with Gasteiger partial charge in [-0.1, -0.05) is 49.6 Å². The molecule has 0 saturated heterocycles. The van der Waals surface area contributed by atoms with Gasteiger partial charge < -0.3 is 9.47 Å². The molecule has 3 aromatic rings. The molecule has 32 heavy (non-hydrogen) atoms. The number of benzene rings is 2. The number of esters is 1. The van der Waals surface area contributed by atoms with Crippen LogP contribution in [-0.2, 0) is 4.79 Å². The summed E-state index contributed by atoms with van der Waals surface area (Å²) in [4.78, 5) is 17.1. The molecule has 4 rings (SSSR count). The molecule has 166 valence electrons. The van der Waals surface area contributed by atoms with Crippen LogP contribution in [0.25, 0.3) is 11.3 Å². The van der Waals surface area contributed by atoms with Crippen LogP contribution in [0.3, 0.4) is 0 Å². The van der Waals surface area contributed by atoms with Gasteiger partial charge in [-0.05, 0) is 43.5 Å². The minimum Gasteiger partial charge on any atom is -0.490 e. The molecule has 1 heterocycles. The summed E-state index contributed by atoms with van der Waals surface area (Å²) >= 11 is 1.50. The van der Waals surface area contributed by atoms with Gasteiger partial charge in [-0.15, -0.1) is 11.3 Å². The van der Waals surface area contributed by atoms with Crippen LogP contribution < -0.4 is 14.9 Å². The molecule has 1 N–H and O–H groups in total. The third kappa shape index (κ3) is 5.73. The molecule has 7 heteroatoms. The highest BCUT2D eigenvalue weighted by Gasteiger charge is 2.24. The molecular weight excluding hydrogens is 422 g/mol. The molecule has 0 aliphatic heterocycles. The van der Waals surface area contributed by atoms with Gasteiger partial charge in [-0.2, -0.15) is 5.10 Å². The van der Waals surface area contributed by atoms with Crippen LogP contribution in [0.5, 0.6) is 11.5 Å². The average molecular weight is 450 g/mol. The first-order valence-electron chi connectivity index (χ1n) is 11.0. The largest absolute Gasteiger partial charge is 0.490 e. The van der Waals surface area contributed by atoms with Crippen LogP contribution in [0.2, 0.25) is 0 Å². The third-order valence-corrected chi connectivity index (χ3v) is 6.11. The highest BCUT2D eigenvalue weighted by molar-refractivity contribution is 7.14. The monoisotopic (exact) mass is 449 g/mol. The van der Waals surface area contributed by atoms with Crippen LogP contribution in [0.4, 0.5) is 5.13 Å². The van der Waals surface area contributed by atoms with E-state index in [1.165, 1.54) is 17.8 Å². The highest BCUT2D eigenvalue weighted by atomic mass is 32.1. The number of hydrazone groups is 1. The molecule has 0 amide bonds. The van der Waals surface area contributed by atoms with Gasteiger partial charge in [-0.25, -0.2) is 4.98 Å². The van der Waals surface area contributed by atoms with Crippen molar-refractivity contribution < 1.29 is 14.3 Å². The Balaban J connectivity index is 1.40. The maximum atomic E-state index is 12.5. The van der Waals surface area contributed by atoms with E-state index in [-0.39, 0.29) is 11.9 Å². The summed E-state index contributed by atoms with van der Waals surface area (Å²) in [7, 11) is 0. The topological polar surface area (TPSA) is 72.8 Å². The van der Waals surface area contributed by atoms with E-state index in [0.29, 0.717) is 23.2 Å². The summed E-state index contributed by atoms with van der Waals surface area (Å²) < 4.78 is 11.4. The molecule has 0 radical (unpaired) electrons. The summed E-state index contributed by atoms with van der Waals surface area (Å²) in [5.41, 5.74) is 5.79. The Bertz CT molecular complexity index is 1060. The number of rotatable bonds is 8. The Hall–Kier alpha value is -3.19. The van der Waals surface area contributed by atoms with Gasteiger partial charge in [0.2, 0.25) is 5.13 Å². The predicted molar refractivity (Wildman–Crippen MR) is 129 cm³/mol. The van der Waals surface area contributed by atoms with Crippen LogP contribution >= 0.6 is 11.3 Å². The molecule has 2 aromatic carbocycles. The number of thiazole rings is 1. The molecular formula is C25H27N3O3S. The fourth-order valence-corrected chi connectivity index (χ4v) is 4.38. The van der Waals surface area contributed by atoms with Crippen molar-refractivity contribution in [3.05, 3.63) is 59.5 Å². The number of anilines is 1. The van der Waals surface area contributed by atoms with Crippen LogP contribution in [0.15, 0.2) is 59.0 Å². The molecule has 1 fully saturated rings. The average Bonchev–Trinajstić information content (AvgIpc) is 3.31. The maximum absolute atomic E-state index is 12.5. The highest BCUT2D eigenvalue weighted by Crippen LogP contribution is 2.31. The van der Waals surface area contributed by atoms with Gasteiger partial charge >= 0.3 is 5.97 Å². The molecule has 1 aliphatic carbocycles. The Morgan fingerprint density at radius 1 is 1.16 bits per heavy atom. The molecule has 1 aliphatic rings. The van der Waals surface area contributed by atoms with E-state index in [4.69, 9.17) is 9.47 Å². The molecule has 6 nitrogen and oxygen atoms in total. The van der Waals surface area contributed by atoms with Crippen molar-refractivity contribution in [3.63, 3.8) is 0 Å². The minimum atomic E-state index is -0.160. The maximum Gasteiger partial charge on any atom is 0.314 e. The summed E-state index contributed by atoms with van der Waals surface area (Å²) in [5, 5.41) is 7.00. The van der Waals surface area contributed by atoms with Gasteiger partial charge in [0, 0.05) is 10.9 Å². The van der Waals surface area contributed by atoms with Crippen molar-refractivity contribution in [2.24, 2.45) is 11.0 Å². The van der Waals surface area contributed by atoms with Crippen molar-refractivity contribution >= 4 is 28.7 Å². The third-order valence-electron chi connectivity index (χ3n) is 5.36. The smallest absolute Gasteiger partial charge is 0.314 e. The number of hydrogen-bond donors (Lipinski definition) is 1. The summed E-state index contributed by atoms with van der Waals surface area (Å²) in [6.07, 6.45) is 6.88. The standard InChI is InChI=1S/C25H27N3O3S/c1-2-30-23-15-18(13-14-22(23)31-24(29)20-11-7-4-8-12-20)16-26-28-25-27-21(17-32-25)19-9-5-3-6-10-19/h3,5-6,9-10,13-17,20H,2,4,7-8,11-12H2,1H3,(H,27,28). The summed E-state index contributed by atoms with van der Waals surface area (Å²) in [6.45, 7) is 2.38. The first-order chi connectivity index (χ1) is 15.7. The normalized spacial score (nSPS) is 14.4. The zero-order chi connectivity index (χ0) is 22.2. The lowest BCUT2D eigenvalue weighted by Gasteiger charge is -2.20. The number of nitrogens with zero attached hydrogens (tertiary/aromatic N) is 2. The lowest BCUT2D eigenvalue weighted by Crippen LogP contribution is -2.23. The number of carbonyl (C=O) groups excluding carboxylic acids is 1. The van der Waals surface area contributed by atoms with E-state index in [2.05, 4.69) is 15.5 Å². The molecule has 0 atom stereocenters.